The second kappa shape index (κ2) is 11.2. The number of allylic oxidation sites excluding steroid dienone is 2. The van der Waals surface area contributed by atoms with Crippen LogP contribution in [0.15, 0.2) is 121 Å². The molecule has 5 aromatic carbocycles. The Labute approximate surface area is 303 Å². The summed E-state index contributed by atoms with van der Waals surface area (Å²) in [6.45, 7) is 1.37. The smallest absolute Gasteiger partial charge is 0.308 e. The molecule has 5 aromatic rings. The van der Waals surface area contributed by atoms with Crippen LogP contribution >= 0.6 is 0 Å². The van der Waals surface area contributed by atoms with E-state index >= 15 is 14.4 Å². The molecule has 2 aliphatic carbocycles. The third-order valence-corrected chi connectivity index (χ3v) is 11.1. The van der Waals surface area contributed by atoms with E-state index in [1.165, 1.54) is 13.0 Å². The summed E-state index contributed by atoms with van der Waals surface area (Å²) in [5.74, 6) is -1.87. The molecule has 2 fully saturated rings. The lowest BCUT2D eigenvalue weighted by Gasteiger charge is -2.39. The Hall–Kier alpha value is -6.68. The molecule has 0 aromatic heterocycles. The molecule has 2 amide bonds. The van der Waals surface area contributed by atoms with E-state index < -0.39 is 40.4 Å². The molecule has 3 heterocycles. The number of ketones is 1. The van der Waals surface area contributed by atoms with Crippen molar-refractivity contribution in [2.45, 2.75) is 17.8 Å². The molecule has 3 aliphatic heterocycles. The summed E-state index contributed by atoms with van der Waals surface area (Å²) in [6.07, 6.45) is 0. The normalized spacial score (nSPS) is 24.6. The Kier molecular flexibility index (Phi) is 6.54. The summed E-state index contributed by atoms with van der Waals surface area (Å²) < 4.78 is 28.5. The minimum atomic E-state index is -1.64. The number of carbonyl (C=O) groups excluding carboxylic acids is 4. The van der Waals surface area contributed by atoms with Gasteiger partial charge in [-0.25, -0.2) is 4.90 Å². The van der Waals surface area contributed by atoms with Gasteiger partial charge in [0.15, 0.2) is 28.8 Å². The molecule has 1 saturated heterocycles. The van der Waals surface area contributed by atoms with Crippen molar-refractivity contribution in [3.05, 3.63) is 144 Å². The Morgan fingerprint density at radius 3 is 1.58 bits per heavy atom. The van der Waals surface area contributed by atoms with Gasteiger partial charge in [0, 0.05) is 13.0 Å². The third kappa shape index (κ3) is 4.03. The predicted octanol–water partition coefficient (Wildman–Crippen LogP) is 6.26. The van der Waals surface area contributed by atoms with Gasteiger partial charge in [0.25, 0.3) is 0 Å². The number of ether oxygens (including phenoxy) is 5. The van der Waals surface area contributed by atoms with E-state index in [0.717, 1.165) is 4.90 Å². The SMILES string of the molecule is CC(=O)Oc1cccc(N2C(=O)[C@@H]3[C@H](C2=O)[C@@]2(c4ccccc4)C(=O)[C@@]3(c3ccccc3)C(c3ccc4c(c3)OCO4)=C2c2ccc3c(c2)OCO3)c1. The van der Waals surface area contributed by atoms with E-state index in [1.54, 1.807) is 30.3 Å². The molecule has 5 aliphatic rings. The van der Waals surface area contributed by atoms with Gasteiger partial charge < -0.3 is 23.7 Å². The maximum atomic E-state index is 16.2. The summed E-state index contributed by atoms with van der Waals surface area (Å²) in [5.41, 5.74) is 0.584. The largest absolute Gasteiger partial charge is 0.454 e. The van der Waals surface area contributed by atoms with Gasteiger partial charge in [0.2, 0.25) is 25.4 Å². The Morgan fingerprint density at radius 1 is 0.604 bits per heavy atom. The lowest BCUT2D eigenvalue weighted by atomic mass is 9.59. The molecule has 4 atom stereocenters. The second-order valence-electron chi connectivity index (χ2n) is 13.6. The Bertz CT molecular complexity index is 2320. The minimum absolute atomic E-state index is 0.0443. The number of hydrogen-bond donors (Lipinski definition) is 0. The number of hydrogen-bond acceptors (Lipinski definition) is 9. The van der Waals surface area contributed by atoms with Gasteiger partial charge in [-0.1, -0.05) is 78.9 Å². The van der Waals surface area contributed by atoms with Crippen LogP contribution in [0.5, 0.6) is 28.7 Å². The number of fused-ring (bicyclic) bond motifs is 7. The van der Waals surface area contributed by atoms with E-state index in [2.05, 4.69) is 0 Å². The molecule has 10 nitrogen and oxygen atoms in total. The first-order chi connectivity index (χ1) is 25.8. The van der Waals surface area contributed by atoms with Crippen molar-refractivity contribution in [3.8, 4) is 28.7 Å². The maximum absolute atomic E-state index is 16.2. The van der Waals surface area contributed by atoms with Crippen molar-refractivity contribution in [2.24, 2.45) is 11.8 Å². The molecular weight excluding hydrogens is 674 g/mol. The summed E-state index contributed by atoms with van der Waals surface area (Å²) in [7, 11) is 0. The first kappa shape index (κ1) is 31.1. The third-order valence-electron chi connectivity index (χ3n) is 11.1. The minimum Gasteiger partial charge on any atom is -0.454 e. The van der Waals surface area contributed by atoms with E-state index in [-0.39, 0.29) is 30.8 Å². The highest BCUT2D eigenvalue weighted by molar-refractivity contribution is 6.39. The number of imide groups is 1. The highest BCUT2D eigenvalue weighted by atomic mass is 16.7. The standard InChI is InChI=1S/C43H29NO9/c1-24(45)53-30-14-8-13-29(21-30)44-39(46)37-38(40(44)47)43(28-11-6-3-7-12-28)36(26-16-18-32-34(20-26)52-23-50-32)35(25-15-17-31-33(19-25)51-22-49-31)42(37,41(43)48)27-9-4-2-5-10-27/h2-21,37-38H,22-23H2,1H3/t37-,38+,42-,43-/m0/s1. The number of anilines is 1. The van der Waals surface area contributed by atoms with Crippen molar-refractivity contribution < 1.29 is 42.9 Å². The molecule has 53 heavy (non-hydrogen) atoms. The number of rotatable bonds is 6. The van der Waals surface area contributed by atoms with Crippen molar-refractivity contribution in [1.29, 1.82) is 0 Å². The Morgan fingerprint density at radius 2 is 1.09 bits per heavy atom. The zero-order valence-corrected chi connectivity index (χ0v) is 28.2. The molecule has 260 valence electrons. The summed E-state index contributed by atoms with van der Waals surface area (Å²) in [6, 6.07) is 35.9. The van der Waals surface area contributed by atoms with Crippen LogP contribution in [0, 0.1) is 11.8 Å². The topological polar surface area (TPSA) is 118 Å². The first-order valence-corrected chi connectivity index (χ1v) is 17.2. The van der Waals surface area contributed by atoms with Gasteiger partial charge in [0.1, 0.15) is 5.75 Å². The number of carbonyl (C=O) groups is 4. The second-order valence-corrected chi connectivity index (χ2v) is 13.6. The number of esters is 1. The van der Waals surface area contributed by atoms with Gasteiger partial charge in [-0.3, -0.25) is 19.2 Å². The molecule has 0 N–H and O–H groups in total. The van der Waals surface area contributed by atoms with Crippen LogP contribution in [0.3, 0.4) is 0 Å². The van der Waals surface area contributed by atoms with Gasteiger partial charge >= 0.3 is 5.97 Å². The molecule has 10 heteroatoms. The van der Waals surface area contributed by atoms with Gasteiger partial charge in [-0.2, -0.15) is 0 Å². The molecule has 2 bridgehead atoms. The molecular formula is C43H29NO9. The summed E-state index contributed by atoms with van der Waals surface area (Å²) in [5, 5.41) is 0. The fourth-order valence-corrected chi connectivity index (χ4v) is 9.33. The van der Waals surface area contributed by atoms with Crippen LogP contribution in [0.25, 0.3) is 11.1 Å². The Balaban J connectivity index is 1.33. The zero-order valence-electron chi connectivity index (χ0n) is 28.2. The van der Waals surface area contributed by atoms with Crippen molar-refractivity contribution in [2.75, 3.05) is 18.5 Å². The van der Waals surface area contributed by atoms with Crippen LogP contribution in [0.2, 0.25) is 0 Å². The summed E-state index contributed by atoms with van der Waals surface area (Å²) in [4.78, 5) is 59.9. The van der Waals surface area contributed by atoms with Crippen LogP contribution in [-0.4, -0.2) is 37.2 Å². The lowest BCUT2D eigenvalue weighted by molar-refractivity contribution is -0.132. The van der Waals surface area contributed by atoms with Crippen LogP contribution < -0.4 is 28.6 Å². The highest BCUT2D eigenvalue weighted by Crippen LogP contribution is 2.74. The monoisotopic (exact) mass is 703 g/mol. The number of amides is 2. The number of benzene rings is 5. The summed E-state index contributed by atoms with van der Waals surface area (Å²) >= 11 is 0. The average Bonchev–Trinajstić information content (AvgIpc) is 3.98. The fraction of sp³-hybridized carbons (Fsp3) is 0.163. The molecule has 0 radical (unpaired) electrons. The van der Waals surface area contributed by atoms with Gasteiger partial charge in [-0.05, 0) is 69.8 Å². The maximum Gasteiger partial charge on any atom is 0.308 e. The van der Waals surface area contributed by atoms with Gasteiger partial charge in [-0.15, -0.1) is 0 Å². The molecule has 0 spiro atoms. The highest BCUT2D eigenvalue weighted by Gasteiger charge is 2.82. The van der Waals surface area contributed by atoms with Crippen molar-refractivity contribution >= 4 is 40.4 Å². The average molecular weight is 704 g/mol. The molecule has 10 rings (SSSR count). The first-order valence-electron chi connectivity index (χ1n) is 17.2. The van der Waals surface area contributed by atoms with E-state index in [1.807, 2.05) is 84.9 Å². The van der Waals surface area contributed by atoms with Gasteiger partial charge in [0.05, 0.1) is 28.4 Å². The molecule has 1 saturated carbocycles. The van der Waals surface area contributed by atoms with Crippen molar-refractivity contribution in [1.82, 2.24) is 0 Å². The molecule has 0 unspecified atom stereocenters. The number of Topliss-reactive ketones (excluding diaryl/α,β-unsaturated/α-hetero) is 1. The van der Waals surface area contributed by atoms with E-state index in [4.69, 9.17) is 23.7 Å². The fourth-order valence-electron chi connectivity index (χ4n) is 9.33. The lowest BCUT2D eigenvalue weighted by Crippen LogP contribution is -2.45. The quantitative estimate of drug-likeness (QED) is 0.115. The number of nitrogens with zero attached hydrogens (tertiary/aromatic N) is 1. The van der Waals surface area contributed by atoms with E-state index in [0.29, 0.717) is 56.4 Å². The van der Waals surface area contributed by atoms with Crippen LogP contribution in [0.1, 0.15) is 29.2 Å². The zero-order chi connectivity index (χ0) is 36.1. The van der Waals surface area contributed by atoms with Crippen LogP contribution in [0.4, 0.5) is 5.69 Å². The van der Waals surface area contributed by atoms with Crippen molar-refractivity contribution in [3.63, 3.8) is 0 Å². The van der Waals surface area contributed by atoms with Crippen LogP contribution in [-0.2, 0) is 30.0 Å². The predicted molar refractivity (Wildman–Crippen MR) is 190 cm³/mol. The van der Waals surface area contributed by atoms with E-state index in [9.17, 15) is 4.79 Å².